The Balaban J connectivity index is 2.76. The fourth-order valence-corrected chi connectivity index (χ4v) is 1.32. The van der Waals surface area contributed by atoms with Crippen molar-refractivity contribution in [2.24, 2.45) is 0 Å². The van der Waals surface area contributed by atoms with Crippen molar-refractivity contribution >= 4 is 0 Å². The van der Waals surface area contributed by atoms with Gasteiger partial charge in [0.1, 0.15) is 0 Å². The van der Waals surface area contributed by atoms with Crippen molar-refractivity contribution in [2.75, 3.05) is 13.1 Å². The summed E-state index contributed by atoms with van der Waals surface area (Å²) in [5, 5.41) is 21.8. The average molecular weight is 174 g/mol. The van der Waals surface area contributed by atoms with Crippen molar-refractivity contribution in [3.05, 3.63) is 0 Å². The quantitative estimate of drug-likeness (QED) is 0.573. The van der Waals surface area contributed by atoms with Crippen LogP contribution in [-0.2, 0) is 0 Å². The molecule has 0 atom stereocenters. The lowest BCUT2D eigenvalue weighted by Crippen LogP contribution is -2.65. The molecule has 0 aromatic rings. The molecule has 0 aromatic carbocycles. The van der Waals surface area contributed by atoms with Crippen molar-refractivity contribution in [1.82, 2.24) is 10.1 Å². The Morgan fingerprint density at radius 2 is 1.08 bits per heavy atom. The zero-order valence-corrected chi connectivity index (χ0v) is 8.20. The summed E-state index contributed by atoms with van der Waals surface area (Å²) in [4.78, 5) is 0. The Kier molecular flexibility index (Phi) is 2.21. The van der Waals surface area contributed by atoms with E-state index in [1.54, 1.807) is 0 Å². The highest BCUT2D eigenvalue weighted by atomic mass is 16.5. The van der Waals surface area contributed by atoms with E-state index in [1.807, 2.05) is 27.7 Å². The van der Waals surface area contributed by atoms with Gasteiger partial charge in [-0.3, -0.25) is 0 Å². The molecule has 0 aliphatic carbocycles. The highest BCUT2D eigenvalue weighted by Gasteiger charge is 2.42. The summed E-state index contributed by atoms with van der Waals surface area (Å²) in [6.07, 6.45) is 0. The molecule has 12 heavy (non-hydrogen) atoms. The van der Waals surface area contributed by atoms with Crippen molar-refractivity contribution in [2.45, 2.75) is 38.8 Å². The van der Waals surface area contributed by atoms with E-state index >= 15 is 0 Å². The van der Waals surface area contributed by atoms with Crippen LogP contribution in [-0.4, -0.2) is 44.7 Å². The van der Waals surface area contributed by atoms with Gasteiger partial charge >= 0.3 is 0 Å². The highest BCUT2D eigenvalue weighted by Crippen LogP contribution is 2.27. The molecule has 1 aliphatic rings. The molecule has 72 valence electrons. The summed E-state index contributed by atoms with van der Waals surface area (Å²) < 4.78 is 0. The molecule has 1 rings (SSSR count). The van der Waals surface area contributed by atoms with Crippen LogP contribution in [0.2, 0.25) is 0 Å². The van der Waals surface area contributed by atoms with Gasteiger partial charge in [0.25, 0.3) is 0 Å². The number of nitrogens with zero attached hydrogens (tertiary/aromatic N) is 2. The monoisotopic (exact) mass is 174 g/mol. The second-order valence-electron chi connectivity index (χ2n) is 4.74. The number of hydrogen-bond donors (Lipinski definition) is 2. The van der Waals surface area contributed by atoms with Gasteiger partial charge in [0.05, 0.1) is 11.1 Å². The molecule has 0 amide bonds. The van der Waals surface area contributed by atoms with Crippen LogP contribution < -0.4 is 0 Å². The first-order chi connectivity index (χ1) is 5.26. The van der Waals surface area contributed by atoms with Crippen LogP contribution in [0, 0.1) is 0 Å². The lowest BCUT2D eigenvalue weighted by atomic mass is 9.93. The zero-order valence-electron chi connectivity index (χ0n) is 8.20. The summed E-state index contributed by atoms with van der Waals surface area (Å²) >= 11 is 0. The summed E-state index contributed by atoms with van der Waals surface area (Å²) in [6.45, 7) is 8.49. The number of piperazine rings is 1. The van der Waals surface area contributed by atoms with E-state index in [-0.39, 0.29) is 11.1 Å². The molecule has 0 bridgehead atoms. The minimum atomic E-state index is -0.371. The second-order valence-corrected chi connectivity index (χ2v) is 4.74. The Bertz CT molecular complexity index is 160. The Morgan fingerprint density at radius 3 is 1.33 bits per heavy atom. The van der Waals surface area contributed by atoms with E-state index in [9.17, 15) is 10.4 Å². The lowest BCUT2D eigenvalue weighted by Gasteiger charge is -2.49. The predicted molar refractivity (Wildman–Crippen MR) is 45.1 cm³/mol. The summed E-state index contributed by atoms with van der Waals surface area (Å²) in [7, 11) is 0. The lowest BCUT2D eigenvalue weighted by molar-refractivity contribution is -0.285. The van der Waals surface area contributed by atoms with E-state index in [2.05, 4.69) is 0 Å². The van der Waals surface area contributed by atoms with Crippen molar-refractivity contribution in [3.63, 3.8) is 0 Å². The number of hydrogen-bond acceptors (Lipinski definition) is 4. The van der Waals surface area contributed by atoms with Crippen LogP contribution in [0.4, 0.5) is 0 Å². The van der Waals surface area contributed by atoms with E-state index in [1.165, 1.54) is 10.1 Å². The van der Waals surface area contributed by atoms with Crippen LogP contribution in [0.1, 0.15) is 27.7 Å². The largest absolute Gasteiger partial charge is 0.313 e. The standard InChI is InChI=1S/C8H18N2O2/c1-7(2)5-10(12)8(3,4)6-9(7)11/h11-12H,5-6H2,1-4H3. The Morgan fingerprint density at radius 1 is 0.833 bits per heavy atom. The minimum absolute atomic E-state index is 0.371. The molecule has 0 saturated carbocycles. The maximum Gasteiger partial charge on any atom is 0.0555 e. The van der Waals surface area contributed by atoms with Gasteiger partial charge in [-0.05, 0) is 27.7 Å². The van der Waals surface area contributed by atoms with E-state index in [4.69, 9.17) is 0 Å². The van der Waals surface area contributed by atoms with Crippen LogP contribution in [0.5, 0.6) is 0 Å². The van der Waals surface area contributed by atoms with Crippen molar-refractivity contribution in [1.29, 1.82) is 0 Å². The SMILES string of the molecule is CC1(C)CN(O)C(C)(C)CN1O. The predicted octanol–water partition coefficient (Wildman–Crippen LogP) is 0.940. The van der Waals surface area contributed by atoms with Gasteiger partial charge in [-0.15, -0.1) is 0 Å². The van der Waals surface area contributed by atoms with Crippen LogP contribution in [0.15, 0.2) is 0 Å². The maximum atomic E-state index is 9.59. The first-order valence-electron chi connectivity index (χ1n) is 4.19. The smallest absolute Gasteiger partial charge is 0.0555 e. The van der Waals surface area contributed by atoms with Crippen molar-refractivity contribution in [3.8, 4) is 0 Å². The molecular weight excluding hydrogens is 156 g/mol. The number of rotatable bonds is 0. The zero-order chi connectivity index (χ0) is 9.57. The molecule has 0 radical (unpaired) electrons. The van der Waals surface area contributed by atoms with Gasteiger partial charge in [-0.1, -0.05) is 0 Å². The molecule has 0 aromatic heterocycles. The third-order valence-electron chi connectivity index (χ3n) is 2.47. The first-order valence-corrected chi connectivity index (χ1v) is 4.19. The van der Waals surface area contributed by atoms with Gasteiger partial charge in [-0.25, -0.2) is 0 Å². The van der Waals surface area contributed by atoms with Crippen molar-refractivity contribution < 1.29 is 10.4 Å². The Hall–Kier alpha value is -0.160. The van der Waals surface area contributed by atoms with Gasteiger partial charge in [0.2, 0.25) is 0 Å². The average Bonchev–Trinajstić information content (AvgIpc) is 1.82. The molecule has 0 spiro atoms. The highest BCUT2D eigenvalue weighted by molar-refractivity contribution is 4.93. The van der Waals surface area contributed by atoms with E-state index < -0.39 is 0 Å². The van der Waals surface area contributed by atoms with E-state index in [0.717, 1.165) is 0 Å². The fourth-order valence-electron chi connectivity index (χ4n) is 1.32. The normalized spacial score (nSPS) is 30.5. The van der Waals surface area contributed by atoms with Crippen LogP contribution >= 0.6 is 0 Å². The van der Waals surface area contributed by atoms with Gasteiger partial charge in [0, 0.05) is 13.1 Å². The third-order valence-corrected chi connectivity index (χ3v) is 2.47. The molecule has 1 aliphatic heterocycles. The molecule has 4 nitrogen and oxygen atoms in total. The molecule has 4 heteroatoms. The minimum Gasteiger partial charge on any atom is -0.313 e. The molecular formula is C8H18N2O2. The molecule has 1 heterocycles. The third kappa shape index (κ3) is 1.61. The van der Waals surface area contributed by atoms with Gasteiger partial charge in [0.15, 0.2) is 0 Å². The summed E-state index contributed by atoms with van der Waals surface area (Å²) in [5.41, 5.74) is -0.742. The van der Waals surface area contributed by atoms with E-state index in [0.29, 0.717) is 13.1 Å². The van der Waals surface area contributed by atoms with Crippen LogP contribution in [0.25, 0.3) is 0 Å². The first kappa shape index (κ1) is 9.92. The van der Waals surface area contributed by atoms with Gasteiger partial charge in [-0.2, -0.15) is 10.1 Å². The molecule has 0 unspecified atom stereocenters. The van der Waals surface area contributed by atoms with Gasteiger partial charge < -0.3 is 10.4 Å². The Labute approximate surface area is 73.3 Å². The second kappa shape index (κ2) is 2.67. The molecule has 1 saturated heterocycles. The summed E-state index contributed by atoms with van der Waals surface area (Å²) in [5.74, 6) is 0. The van der Waals surface area contributed by atoms with Crippen LogP contribution in [0.3, 0.4) is 0 Å². The number of hydroxylamine groups is 4. The maximum absolute atomic E-state index is 9.59. The molecule has 2 N–H and O–H groups in total. The topological polar surface area (TPSA) is 46.9 Å². The summed E-state index contributed by atoms with van der Waals surface area (Å²) in [6, 6.07) is 0. The molecule has 1 fully saturated rings. The fraction of sp³-hybridized carbons (Fsp3) is 1.00.